The molecule has 0 aliphatic rings. The topological polar surface area (TPSA) is 30.9 Å². The van der Waals surface area contributed by atoms with Crippen LogP contribution in [0, 0.1) is 6.92 Å². The van der Waals surface area contributed by atoms with Gasteiger partial charge in [-0.05, 0) is 36.2 Å². The molecule has 0 unspecified atom stereocenters. The van der Waals surface area contributed by atoms with Crippen molar-refractivity contribution >= 4 is 27.5 Å². The van der Waals surface area contributed by atoms with Crippen molar-refractivity contribution < 1.29 is 0 Å². The van der Waals surface area contributed by atoms with Crippen molar-refractivity contribution in [3.05, 3.63) is 56.8 Å². The Morgan fingerprint density at radius 2 is 2.06 bits per heavy atom. The Labute approximate surface area is 115 Å². The molecule has 0 amide bonds. The molecule has 1 aromatic carbocycles. The van der Waals surface area contributed by atoms with E-state index in [4.69, 9.17) is 17.3 Å². The lowest BCUT2D eigenvalue weighted by Crippen LogP contribution is -2.04. The molecule has 0 fully saturated rings. The molecule has 2 aromatic rings. The molecule has 0 saturated heterocycles. The van der Waals surface area contributed by atoms with E-state index in [2.05, 4.69) is 39.7 Å². The van der Waals surface area contributed by atoms with Crippen molar-refractivity contribution in [1.82, 2.24) is 4.57 Å². The Bertz CT molecular complexity index is 534. The molecule has 0 aliphatic heterocycles. The fraction of sp³-hybridized carbons (Fsp3) is 0.231. The second-order valence-corrected chi connectivity index (χ2v) is 5.32. The van der Waals surface area contributed by atoms with E-state index in [-0.39, 0.29) is 0 Å². The average Bonchev–Trinajstić information content (AvgIpc) is 2.64. The molecule has 90 valence electrons. The van der Waals surface area contributed by atoms with Crippen LogP contribution in [-0.2, 0) is 13.1 Å². The molecule has 0 saturated carbocycles. The molecule has 1 aromatic heterocycles. The van der Waals surface area contributed by atoms with Crippen LogP contribution in [0.3, 0.4) is 0 Å². The van der Waals surface area contributed by atoms with Crippen LogP contribution in [0.25, 0.3) is 0 Å². The summed E-state index contributed by atoms with van der Waals surface area (Å²) in [7, 11) is 0. The van der Waals surface area contributed by atoms with Gasteiger partial charge in [0, 0.05) is 34.5 Å². The zero-order valence-electron chi connectivity index (χ0n) is 9.58. The van der Waals surface area contributed by atoms with Crippen LogP contribution < -0.4 is 5.73 Å². The normalized spacial score (nSPS) is 10.8. The van der Waals surface area contributed by atoms with E-state index >= 15 is 0 Å². The van der Waals surface area contributed by atoms with E-state index in [1.165, 1.54) is 11.3 Å². The molecule has 2 nitrogen and oxygen atoms in total. The number of hydrogen-bond acceptors (Lipinski definition) is 1. The SMILES string of the molecule is Cc1c(CN)ccn1Cc1ccc(Br)cc1Cl. The van der Waals surface area contributed by atoms with Crippen LogP contribution in [0.5, 0.6) is 0 Å². The van der Waals surface area contributed by atoms with E-state index in [9.17, 15) is 0 Å². The van der Waals surface area contributed by atoms with Crippen LogP contribution in [0.15, 0.2) is 34.9 Å². The Hall–Kier alpha value is -0.770. The predicted octanol–water partition coefficient (Wildman–Crippen LogP) is 3.72. The average molecular weight is 314 g/mol. The molecule has 17 heavy (non-hydrogen) atoms. The molecule has 4 heteroatoms. The highest BCUT2D eigenvalue weighted by Crippen LogP contribution is 2.23. The van der Waals surface area contributed by atoms with Gasteiger partial charge in [0.1, 0.15) is 0 Å². The third kappa shape index (κ3) is 2.73. The first-order valence-electron chi connectivity index (χ1n) is 5.40. The summed E-state index contributed by atoms with van der Waals surface area (Å²) >= 11 is 9.61. The molecule has 2 rings (SSSR count). The van der Waals surface area contributed by atoms with Gasteiger partial charge < -0.3 is 10.3 Å². The van der Waals surface area contributed by atoms with Crippen LogP contribution in [-0.4, -0.2) is 4.57 Å². The second-order valence-electron chi connectivity index (χ2n) is 3.99. The number of nitrogens with two attached hydrogens (primary N) is 1. The van der Waals surface area contributed by atoms with Gasteiger partial charge in [-0.2, -0.15) is 0 Å². The van der Waals surface area contributed by atoms with Crippen LogP contribution >= 0.6 is 27.5 Å². The summed E-state index contributed by atoms with van der Waals surface area (Å²) in [5, 5.41) is 0.779. The molecule has 1 heterocycles. The fourth-order valence-electron chi connectivity index (χ4n) is 1.82. The highest BCUT2D eigenvalue weighted by Gasteiger charge is 2.06. The van der Waals surface area contributed by atoms with Gasteiger partial charge in [-0.3, -0.25) is 0 Å². The quantitative estimate of drug-likeness (QED) is 0.920. The summed E-state index contributed by atoms with van der Waals surface area (Å²) in [5.74, 6) is 0. The monoisotopic (exact) mass is 312 g/mol. The molecule has 2 N–H and O–H groups in total. The zero-order chi connectivity index (χ0) is 12.4. The minimum atomic E-state index is 0.576. The molecular formula is C13H14BrClN2. The Balaban J connectivity index is 2.28. The molecule has 0 bridgehead atoms. The van der Waals surface area contributed by atoms with Gasteiger partial charge in [-0.15, -0.1) is 0 Å². The maximum absolute atomic E-state index is 6.20. The number of hydrogen-bond donors (Lipinski definition) is 1. The highest BCUT2D eigenvalue weighted by atomic mass is 79.9. The van der Waals surface area contributed by atoms with Crippen LogP contribution in [0.4, 0.5) is 0 Å². The number of aromatic nitrogens is 1. The Morgan fingerprint density at radius 1 is 1.29 bits per heavy atom. The summed E-state index contributed by atoms with van der Waals surface area (Å²) in [5.41, 5.74) is 9.15. The van der Waals surface area contributed by atoms with E-state index in [0.29, 0.717) is 6.54 Å². The first-order chi connectivity index (χ1) is 8.11. The standard InChI is InChI=1S/C13H14BrClN2/c1-9-10(7-16)4-5-17(9)8-11-2-3-12(14)6-13(11)15/h2-6H,7-8,16H2,1H3. The van der Waals surface area contributed by atoms with Crippen LogP contribution in [0.2, 0.25) is 5.02 Å². The number of benzene rings is 1. The van der Waals surface area contributed by atoms with Crippen LogP contribution in [0.1, 0.15) is 16.8 Å². The van der Waals surface area contributed by atoms with Crippen molar-refractivity contribution in [3.8, 4) is 0 Å². The lowest BCUT2D eigenvalue weighted by molar-refractivity contribution is 0.769. The molecule has 0 aliphatic carbocycles. The largest absolute Gasteiger partial charge is 0.347 e. The van der Waals surface area contributed by atoms with Gasteiger partial charge in [-0.25, -0.2) is 0 Å². The first kappa shape index (κ1) is 12.7. The minimum absolute atomic E-state index is 0.576. The van der Waals surface area contributed by atoms with E-state index in [1.54, 1.807) is 0 Å². The van der Waals surface area contributed by atoms with Gasteiger partial charge >= 0.3 is 0 Å². The second kappa shape index (κ2) is 5.25. The van der Waals surface area contributed by atoms with Crippen molar-refractivity contribution in [1.29, 1.82) is 0 Å². The van der Waals surface area contributed by atoms with E-state index in [1.807, 2.05) is 18.2 Å². The maximum Gasteiger partial charge on any atom is 0.0487 e. The van der Waals surface area contributed by atoms with Crippen molar-refractivity contribution in [3.63, 3.8) is 0 Å². The zero-order valence-corrected chi connectivity index (χ0v) is 11.9. The van der Waals surface area contributed by atoms with Gasteiger partial charge in [0.15, 0.2) is 0 Å². The lowest BCUT2D eigenvalue weighted by atomic mass is 10.2. The number of rotatable bonds is 3. The van der Waals surface area contributed by atoms with Gasteiger partial charge in [-0.1, -0.05) is 33.6 Å². The molecule has 0 spiro atoms. The van der Waals surface area contributed by atoms with Gasteiger partial charge in [0.25, 0.3) is 0 Å². The minimum Gasteiger partial charge on any atom is -0.347 e. The highest BCUT2D eigenvalue weighted by molar-refractivity contribution is 9.10. The van der Waals surface area contributed by atoms with Gasteiger partial charge in [0.05, 0.1) is 0 Å². The first-order valence-corrected chi connectivity index (χ1v) is 6.57. The lowest BCUT2D eigenvalue weighted by Gasteiger charge is -2.09. The predicted molar refractivity (Wildman–Crippen MR) is 75.3 cm³/mol. The van der Waals surface area contributed by atoms with E-state index in [0.717, 1.165) is 21.6 Å². The molecule has 0 atom stereocenters. The Morgan fingerprint density at radius 3 is 2.65 bits per heavy atom. The van der Waals surface area contributed by atoms with Crippen molar-refractivity contribution in [2.75, 3.05) is 0 Å². The third-order valence-electron chi connectivity index (χ3n) is 2.93. The summed E-state index contributed by atoms with van der Waals surface area (Å²) in [6.07, 6.45) is 2.05. The summed E-state index contributed by atoms with van der Waals surface area (Å²) in [6.45, 7) is 3.43. The van der Waals surface area contributed by atoms with Gasteiger partial charge in [0.2, 0.25) is 0 Å². The molecule has 0 radical (unpaired) electrons. The maximum atomic E-state index is 6.20. The third-order valence-corrected chi connectivity index (χ3v) is 3.77. The fourth-order valence-corrected chi connectivity index (χ4v) is 2.55. The van der Waals surface area contributed by atoms with Crippen molar-refractivity contribution in [2.45, 2.75) is 20.0 Å². The molecular weight excluding hydrogens is 300 g/mol. The number of halogens is 2. The smallest absolute Gasteiger partial charge is 0.0487 e. The van der Waals surface area contributed by atoms with E-state index < -0.39 is 0 Å². The summed E-state index contributed by atoms with van der Waals surface area (Å²) in [6, 6.07) is 8.01. The van der Waals surface area contributed by atoms with Crippen molar-refractivity contribution in [2.24, 2.45) is 5.73 Å². The Kier molecular flexibility index (Phi) is 3.92. The summed E-state index contributed by atoms with van der Waals surface area (Å²) in [4.78, 5) is 0. The number of nitrogens with zero attached hydrogens (tertiary/aromatic N) is 1. The summed E-state index contributed by atoms with van der Waals surface area (Å²) < 4.78 is 3.16.